The Balaban J connectivity index is 1.67. The van der Waals surface area contributed by atoms with E-state index < -0.39 is 0 Å². The van der Waals surface area contributed by atoms with Gasteiger partial charge >= 0.3 is 0 Å². The normalized spacial score (nSPS) is 16.8. The van der Waals surface area contributed by atoms with E-state index in [1.54, 1.807) is 12.1 Å². The SMILES string of the molecule is COc1cc(C=NNC(=O)c2n[nH]c3c2CC(CC(C)(C)C)CC3)ccc1O. The minimum Gasteiger partial charge on any atom is -0.504 e. The molecule has 0 saturated carbocycles. The van der Waals surface area contributed by atoms with E-state index >= 15 is 0 Å². The second kappa shape index (κ2) is 8.04. The average Bonchev–Trinajstić information content (AvgIpc) is 3.05. The molecule has 7 nitrogen and oxygen atoms in total. The summed E-state index contributed by atoms with van der Waals surface area (Å²) in [6.07, 6.45) is 5.53. The van der Waals surface area contributed by atoms with Gasteiger partial charge in [-0.25, -0.2) is 5.43 Å². The van der Waals surface area contributed by atoms with Crippen molar-refractivity contribution in [3.8, 4) is 11.5 Å². The number of rotatable bonds is 5. The first-order chi connectivity index (χ1) is 13.3. The number of hydrogen-bond acceptors (Lipinski definition) is 5. The van der Waals surface area contributed by atoms with Gasteiger partial charge < -0.3 is 9.84 Å². The Morgan fingerprint density at radius 3 is 2.96 bits per heavy atom. The molecule has 3 rings (SSSR count). The Kier molecular flexibility index (Phi) is 5.72. The van der Waals surface area contributed by atoms with Crippen LogP contribution in [0, 0.1) is 11.3 Å². The van der Waals surface area contributed by atoms with Gasteiger partial charge in [-0.05, 0) is 60.8 Å². The van der Waals surface area contributed by atoms with Gasteiger partial charge in [0.25, 0.3) is 5.91 Å². The standard InChI is InChI=1S/C21H28N4O3/c1-21(2,3)11-13-5-7-16-15(9-13)19(24-23-16)20(27)25-22-12-14-6-8-17(26)18(10-14)28-4/h6,8,10,12-13,26H,5,7,9,11H2,1-4H3,(H,23,24)(H,25,27). The van der Waals surface area contributed by atoms with Crippen LogP contribution in [0.4, 0.5) is 0 Å². The molecular weight excluding hydrogens is 356 g/mol. The van der Waals surface area contributed by atoms with Crippen molar-refractivity contribution < 1.29 is 14.6 Å². The third kappa shape index (κ3) is 4.71. The molecule has 1 unspecified atom stereocenters. The minimum absolute atomic E-state index is 0.0525. The number of phenols is 1. The van der Waals surface area contributed by atoms with Crippen LogP contribution in [0.15, 0.2) is 23.3 Å². The van der Waals surface area contributed by atoms with Crippen molar-refractivity contribution in [1.82, 2.24) is 15.6 Å². The lowest BCUT2D eigenvalue weighted by molar-refractivity contribution is 0.0948. The highest BCUT2D eigenvalue weighted by Gasteiger charge is 2.29. The van der Waals surface area contributed by atoms with E-state index in [1.807, 2.05) is 0 Å². The second-order valence-corrected chi connectivity index (χ2v) is 8.53. The Morgan fingerprint density at radius 2 is 2.25 bits per heavy atom. The summed E-state index contributed by atoms with van der Waals surface area (Å²) in [6.45, 7) is 6.75. The zero-order valence-electron chi connectivity index (χ0n) is 16.9. The van der Waals surface area contributed by atoms with E-state index in [0.717, 1.165) is 36.9 Å². The number of phenolic OH excluding ortho intramolecular Hbond substituents is 1. The monoisotopic (exact) mass is 384 g/mol. The van der Waals surface area contributed by atoms with E-state index in [1.165, 1.54) is 19.4 Å². The quantitative estimate of drug-likeness (QED) is 0.543. The van der Waals surface area contributed by atoms with Crippen molar-refractivity contribution >= 4 is 12.1 Å². The molecule has 1 aromatic heterocycles. The first-order valence-corrected chi connectivity index (χ1v) is 9.53. The molecule has 3 N–H and O–H groups in total. The number of aryl methyl sites for hydroxylation is 1. The molecule has 1 aliphatic carbocycles. The molecule has 150 valence electrons. The number of hydrogen-bond donors (Lipinski definition) is 3. The zero-order chi connectivity index (χ0) is 20.3. The molecule has 0 fully saturated rings. The molecule has 1 aliphatic rings. The molecule has 1 aromatic carbocycles. The van der Waals surface area contributed by atoms with Crippen molar-refractivity contribution in [3.05, 3.63) is 40.7 Å². The first kappa shape index (κ1) is 19.9. The summed E-state index contributed by atoms with van der Waals surface area (Å²) in [5.74, 6) is 0.638. The number of hydrazone groups is 1. The summed E-state index contributed by atoms with van der Waals surface area (Å²) in [6, 6.07) is 4.83. The number of aromatic hydroxyl groups is 1. The van der Waals surface area contributed by atoms with E-state index in [4.69, 9.17) is 4.74 Å². The molecule has 0 spiro atoms. The van der Waals surface area contributed by atoms with Gasteiger partial charge in [0.05, 0.1) is 13.3 Å². The van der Waals surface area contributed by atoms with Crippen LogP contribution < -0.4 is 10.2 Å². The fourth-order valence-electron chi connectivity index (χ4n) is 3.79. The number of nitrogens with zero attached hydrogens (tertiary/aromatic N) is 2. The molecule has 7 heteroatoms. The number of amides is 1. The number of ether oxygens (including phenoxy) is 1. The minimum atomic E-state index is -0.323. The summed E-state index contributed by atoms with van der Waals surface area (Å²) in [7, 11) is 1.48. The summed E-state index contributed by atoms with van der Waals surface area (Å²) < 4.78 is 5.07. The van der Waals surface area contributed by atoms with E-state index in [0.29, 0.717) is 22.9 Å². The molecule has 1 atom stereocenters. The van der Waals surface area contributed by atoms with Gasteiger partial charge in [0, 0.05) is 11.3 Å². The summed E-state index contributed by atoms with van der Waals surface area (Å²) in [5, 5.41) is 20.9. The van der Waals surface area contributed by atoms with Gasteiger partial charge in [-0.3, -0.25) is 9.89 Å². The van der Waals surface area contributed by atoms with Crippen molar-refractivity contribution in [1.29, 1.82) is 0 Å². The van der Waals surface area contributed by atoms with Gasteiger partial charge in [0.1, 0.15) is 0 Å². The lowest BCUT2D eigenvalue weighted by atomic mass is 9.76. The van der Waals surface area contributed by atoms with Gasteiger partial charge in [-0.1, -0.05) is 20.8 Å². The Bertz CT molecular complexity index is 880. The van der Waals surface area contributed by atoms with Crippen molar-refractivity contribution in [3.63, 3.8) is 0 Å². The number of methoxy groups -OCH3 is 1. The summed E-state index contributed by atoms with van der Waals surface area (Å²) in [4.78, 5) is 12.6. The van der Waals surface area contributed by atoms with Crippen LogP contribution in [0.5, 0.6) is 11.5 Å². The molecule has 0 bridgehead atoms. The fraction of sp³-hybridized carbons (Fsp3) is 0.476. The lowest BCUT2D eigenvalue weighted by Gasteiger charge is -2.28. The number of fused-ring (bicyclic) bond motifs is 1. The Morgan fingerprint density at radius 1 is 1.46 bits per heavy atom. The van der Waals surface area contributed by atoms with Crippen LogP contribution in [0.25, 0.3) is 0 Å². The third-order valence-corrected chi connectivity index (χ3v) is 4.95. The van der Waals surface area contributed by atoms with Crippen LogP contribution in [0.1, 0.15) is 60.9 Å². The maximum atomic E-state index is 12.6. The molecule has 2 aromatic rings. The molecule has 1 amide bonds. The van der Waals surface area contributed by atoms with Crippen LogP contribution in [0.3, 0.4) is 0 Å². The molecule has 1 heterocycles. The van der Waals surface area contributed by atoms with Crippen LogP contribution in [0.2, 0.25) is 0 Å². The maximum absolute atomic E-state index is 12.6. The maximum Gasteiger partial charge on any atom is 0.292 e. The van der Waals surface area contributed by atoms with Crippen LogP contribution in [-0.2, 0) is 12.8 Å². The van der Waals surface area contributed by atoms with Crippen LogP contribution >= 0.6 is 0 Å². The molecule has 28 heavy (non-hydrogen) atoms. The highest BCUT2D eigenvalue weighted by Crippen LogP contribution is 2.34. The third-order valence-electron chi connectivity index (χ3n) is 4.95. The predicted octanol–water partition coefficient (Wildman–Crippen LogP) is 3.43. The highest BCUT2D eigenvalue weighted by molar-refractivity contribution is 5.94. The fourth-order valence-corrected chi connectivity index (χ4v) is 3.79. The van der Waals surface area contributed by atoms with E-state index in [9.17, 15) is 9.90 Å². The number of benzene rings is 1. The van der Waals surface area contributed by atoms with E-state index in [-0.39, 0.29) is 17.1 Å². The van der Waals surface area contributed by atoms with Crippen molar-refractivity contribution in [2.45, 2.75) is 46.5 Å². The summed E-state index contributed by atoms with van der Waals surface area (Å²) >= 11 is 0. The average molecular weight is 384 g/mol. The van der Waals surface area contributed by atoms with E-state index in [2.05, 4.69) is 41.5 Å². The summed E-state index contributed by atoms with van der Waals surface area (Å²) in [5.41, 5.74) is 6.01. The van der Waals surface area contributed by atoms with Gasteiger partial charge in [-0.2, -0.15) is 10.2 Å². The number of carbonyl (C=O) groups excluding carboxylic acids is 1. The topological polar surface area (TPSA) is 99.6 Å². The first-order valence-electron chi connectivity index (χ1n) is 9.53. The van der Waals surface area contributed by atoms with Gasteiger partial charge in [0.2, 0.25) is 0 Å². The molecule has 0 radical (unpaired) electrons. The number of aromatic nitrogens is 2. The molecule has 0 aliphatic heterocycles. The second-order valence-electron chi connectivity index (χ2n) is 8.53. The number of aromatic amines is 1. The van der Waals surface area contributed by atoms with Crippen molar-refractivity contribution in [2.75, 3.05) is 7.11 Å². The zero-order valence-corrected chi connectivity index (χ0v) is 16.9. The Labute approximate surface area is 165 Å². The lowest BCUT2D eigenvalue weighted by Crippen LogP contribution is -2.24. The number of carbonyl (C=O) groups is 1. The van der Waals surface area contributed by atoms with Gasteiger partial charge in [0.15, 0.2) is 17.2 Å². The smallest absolute Gasteiger partial charge is 0.292 e. The molecule has 0 saturated heterocycles. The molecular formula is C21H28N4O3. The van der Waals surface area contributed by atoms with Crippen LogP contribution in [-0.4, -0.2) is 34.5 Å². The van der Waals surface area contributed by atoms with Gasteiger partial charge in [-0.15, -0.1) is 0 Å². The number of nitrogens with one attached hydrogen (secondary N) is 2. The van der Waals surface area contributed by atoms with Crippen molar-refractivity contribution in [2.24, 2.45) is 16.4 Å². The predicted molar refractivity (Wildman–Crippen MR) is 108 cm³/mol. The largest absolute Gasteiger partial charge is 0.504 e. The Hall–Kier alpha value is -2.83. The number of H-pyrrole nitrogens is 1. The highest BCUT2D eigenvalue weighted by atomic mass is 16.5.